The number of hydrogen-bond donors (Lipinski definition) is 1. The topological polar surface area (TPSA) is 62.5 Å². The van der Waals surface area contributed by atoms with Gasteiger partial charge in [-0.05, 0) is 38.1 Å². The molecule has 0 spiro atoms. The number of rotatable bonds is 3. The van der Waals surface area contributed by atoms with Gasteiger partial charge in [0.15, 0.2) is 0 Å². The van der Waals surface area contributed by atoms with Crippen molar-refractivity contribution in [1.29, 1.82) is 0 Å². The van der Waals surface area contributed by atoms with Crippen LogP contribution in [0, 0.1) is 13.8 Å². The number of anilines is 1. The Morgan fingerprint density at radius 3 is 2.24 bits per heavy atom. The van der Waals surface area contributed by atoms with Gasteiger partial charge in [0.2, 0.25) is 0 Å². The molecule has 0 aromatic carbocycles. The highest BCUT2D eigenvalue weighted by atomic mass is 15.4. The zero-order valence-electron chi connectivity index (χ0n) is 9.75. The fraction of sp³-hybridized carbons (Fsp3) is 0.167. The summed E-state index contributed by atoms with van der Waals surface area (Å²) in [6.07, 6.45) is 3.38. The molecule has 0 aliphatic rings. The van der Waals surface area contributed by atoms with Crippen LogP contribution in [0.1, 0.15) is 11.4 Å². The van der Waals surface area contributed by atoms with Crippen LogP contribution in [-0.2, 0) is 0 Å². The van der Waals surface area contributed by atoms with Crippen molar-refractivity contribution in [2.24, 2.45) is 10.3 Å². The maximum absolute atomic E-state index is 4.14. The lowest BCUT2D eigenvalue weighted by Crippen LogP contribution is -1.88. The first-order valence-electron chi connectivity index (χ1n) is 5.26. The number of pyridine rings is 2. The molecule has 2 aromatic heterocycles. The molecule has 0 amide bonds. The molecule has 2 rings (SSSR count). The Bertz CT molecular complexity index is 501. The highest BCUT2D eigenvalue weighted by molar-refractivity contribution is 5.40. The highest BCUT2D eigenvalue weighted by Gasteiger charge is 1.91. The Balaban J connectivity index is 1.97. The van der Waals surface area contributed by atoms with Crippen molar-refractivity contribution in [3.05, 3.63) is 48.0 Å². The first kappa shape index (κ1) is 11.2. The predicted octanol–water partition coefficient (Wildman–Crippen LogP) is 3.20. The van der Waals surface area contributed by atoms with Gasteiger partial charge in [0, 0.05) is 11.4 Å². The summed E-state index contributed by atoms with van der Waals surface area (Å²) in [5.41, 5.74) is 6.25. The van der Waals surface area contributed by atoms with Crippen molar-refractivity contribution in [3.8, 4) is 0 Å². The molecule has 0 fully saturated rings. The van der Waals surface area contributed by atoms with Crippen LogP contribution in [0.2, 0.25) is 0 Å². The third-order valence-corrected chi connectivity index (χ3v) is 2.15. The van der Waals surface area contributed by atoms with Crippen LogP contribution < -0.4 is 5.43 Å². The Hall–Kier alpha value is -2.30. The minimum absolute atomic E-state index is 0.711. The monoisotopic (exact) mass is 227 g/mol. The molecule has 2 heterocycles. The average molecular weight is 227 g/mol. The van der Waals surface area contributed by atoms with E-state index in [-0.39, 0.29) is 0 Å². The van der Waals surface area contributed by atoms with E-state index in [4.69, 9.17) is 0 Å². The van der Waals surface area contributed by atoms with Crippen LogP contribution in [0.5, 0.6) is 0 Å². The predicted molar refractivity (Wildman–Crippen MR) is 66.1 cm³/mol. The molecule has 86 valence electrons. The van der Waals surface area contributed by atoms with Gasteiger partial charge in [0.25, 0.3) is 0 Å². The van der Waals surface area contributed by atoms with E-state index in [0.29, 0.717) is 5.69 Å². The number of aryl methyl sites for hydroxylation is 2. The Labute approximate surface area is 99.6 Å². The van der Waals surface area contributed by atoms with Crippen LogP contribution in [0.15, 0.2) is 47.0 Å². The Kier molecular flexibility index (Phi) is 3.40. The van der Waals surface area contributed by atoms with E-state index in [1.54, 1.807) is 12.4 Å². The van der Waals surface area contributed by atoms with Crippen molar-refractivity contribution in [1.82, 2.24) is 9.97 Å². The fourth-order valence-corrected chi connectivity index (χ4v) is 1.19. The molecule has 0 saturated carbocycles. The lowest BCUT2D eigenvalue weighted by molar-refractivity contribution is 1.09. The summed E-state index contributed by atoms with van der Waals surface area (Å²) in [5, 5.41) is 7.85. The SMILES string of the molecule is Cc1ccc(N=NNc2ccc(C)nc2)cn1. The molecule has 5 nitrogen and oxygen atoms in total. The van der Waals surface area contributed by atoms with E-state index in [9.17, 15) is 0 Å². The molecular formula is C12H13N5. The number of nitrogens with zero attached hydrogens (tertiary/aromatic N) is 4. The van der Waals surface area contributed by atoms with Gasteiger partial charge in [-0.15, -0.1) is 5.11 Å². The molecule has 0 aliphatic heterocycles. The molecule has 2 aromatic rings. The quantitative estimate of drug-likeness (QED) is 0.647. The van der Waals surface area contributed by atoms with Crippen LogP contribution in [0.3, 0.4) is 0 Å². The van der Waals surface area contributed by atoms with E-state index in [0.717, 1.165) is 17.1 Å². The van der Waals surface area contributed by atoms with Gasteiger partial charge in [-0.3, -0.25) is 15.4 Å². The van der Waals surface area contributed by atoms with E-state index >= 15 is 0 Å². The number of aromatic nitrogens is 2. The summed E-state index contributed by atoms with van der Waals surface area (Å²) >= 11 is 0. The van der Waals surface area contributed by atoms with E-state index in [1.807, 2.05) is 38.1 Å². The molecule has 17 heavy (non-hydrogen) atoms. The molecule has 0 bridgehead atoms. The summed E-state index contributed by atoms with van der Waals surface area (Å²) in [6, 6.07) is 7.56. The molecule has 0 atom stereocenters. The van der Waals surface area contributed by atoms with Gasteiger partial charge in [-0.1, -0.05) is 5.22 Å². The van der Waals surface area contributed by atoms with Crippen molar-refractivity contribution in [2.45, 2.75) is 13.8 Å². The average Bonchev–Trinajstić information content (AvgIpc) is 2.34. The summed E-state index contributed by atoms with van der Waals surface area (Å²) in [7, 11) is 0. The third kappa shape index (κ3) is 3.34. The zero-order valence-corrected chi connectivity index (χ0v) is 9.75. The largest absolute Gasteiger partial charge is 0.259 e. The van der Waals surface area contributed by atoms with Gasteiger partial charge in [0.05, 0.1) is 18.1 Å². The van der Waals surface area contributed by atoms with Gasteiger partial charge in [0.1, 0.15) is 5.69 Å². The maximum Gasteiger partial charge on any atom is 0.106 e. The maximum atomic E-state index is 4.14. The molecule has 0 saturated heterocycles. The smallest absolute Gasteiger partial charge is 0.106 e. The van der Waals surface area contributed by atoms with Crippen molar-refractivity contribution >= 4 is 11.4 Å². The van der Waals surface area contributed by atoms with Gasteiger partial charge in [-0.2, -0.15) is 0 Å². The van der Waals surface area contributed by atoms with Gasteiger partial charge in [-0.25, -0.2) is 0 Å². The summed E-state index contributed by atoms with van der Waals surface area (Å²) < 4.78 is 0. The summed E-state index contributed by atoms with van der Waals surface area (Å²) in [5.74, 6) is 0. The van der Waals surface area contributed by atoms with E-state index in [1.165, 1.54) is 0 Å². The summed E-state index contributed by atoms with van der Waals surface area (Å²) in [6.45, 7) is 3.86. The zero-order chi connectivity index (χ0) is 12.1. The van der Waals surface area contributed by atoms with Gasteiger partial charge < -0.3 is 0 Å². The lowest BCUT2D eigenvalue weighted by Gasteiger charge is -1.98. The van der Waals surface area contributed by atoms with E-state index in [2.05, 4.69) is 25.7 Å². The fourth-order valence-electron chi connectivity index (χ4n) is 1.19. The van der Waals surface area contributed by atoms with Crippen molar-refractivity contribution in [2.75, 3.05) is 5.43 Å². The summed E-state index contributed by atoms with van der Waals surface area (Å²) in [4.78, 5) is 8.26. The minimum atomic E-state index is 0.711. The second-order valence-corrected chi connectivity index (χ2v) is 3.66. The standard InChI is InChI=1S/C12H13N5/c1-9-3-5-11(7-13-9)15-17-16-12-6-4-10(2)14-8-12/h3-8H,1-2H3,(H,15,16). The number of hydrogen-bond acceptors (Lipinski definition) is 4. The molecule has 0 aliphatic carbocycles. The van der Waals surface area contributed by atoms with Crippen LogP contribution >= 0.6 is 0 Å². The van der Waals surface area contributed by atoms with Gasteiger partial charge >= 0.3 is 0 Å². The molecule has 0 radical (unpaired) electrons. The molecule has 1 N–H and O–H groups in total. The van der Waals surface area contributed by atoms with Crippen LogP contribution in [0.4, 0.5) is 11.4 Å². The first-order chi connectivity index (χ1) is 8.24. The van der Waals surface area contributed by atoms with Crippen molar-refractivity contribution < 1.29 is 0 Å². The third-order valence-electron chi connectivity index (χ3n) is 2.15. The molecular weight excluding hydrogens is 214 g/mol. The Morgan fingerprint density at radius 1 is 0.941 bits per heavy atom. The first-order valence-corrected chi connectivity index (χ1v) is 5.26. The highest BCUT2D eigenvalue weighted by Crippen LogP contribution is 2.11. The Morgan fingerprint density at radius 2 is 1.65 bits per heavy atom. The lowest BCUT2D eigenvalue weighted by atomic mass is 10.3. The number of nitrogens with one attached hydrogen (secondary N) is 1. The second-order valence-electron chi connectivity index (χ2n) is 3.66. The van der Waals surface area contributed by atoms with Crippen LogP contribution in [0.25, 0.3) is 0 Å². The molecule has 0 unspecified atom stereocenters. The van der Waals surface area contributed by atoms with Crippen molar-refractivity contribution in [3.63, 3.8) is 0 Å². The molecule has 5 heteroatoms. The van der Waals surface area contributed by atoms with Crippen LogP contribution in [-0.4, -0.2) is 9.97 Å². The van der Waals surface area contributed by atoms with E-state index < -0.39 is 0 Å². The minimum Gasteiger partial charge on any atom is -0.259 e. The second kappa shape index (κ2) is 5.16. The normalized spacial score (nSPS) is 10.7.